The van der Waals surface area contributed by atoms with Crippen LogP contribution in [-0.2, 0) is 16.6 Å². The zero-order valence-corrected chi connectivity index (χ0v) is 16.8. The molecule has 0 saturated carbocycles. The zero-order chi connectivity index (χ0) is 20.9. The van der Waals surface area contributed by atoms with Crippen molar-refractivity contribution < 1.29 is 22.3 Å². The van der Waals surface area contributed by atoms with E-state index in [0.717, 1.165) is 5.56 Å². The predicted molar refractivity (Wildman–Crippen MR) is 110 cm³/mol. The van der Waals surface area contributed by atoms with E-state index in [1.807, 2.05) is 6.92 Å². The van der Waals surface area contributed by atoms with Crippen LogP contribution >= 0.6 is 0 Å². The fourth-order valence-electron chi connectivity index (χ4n) is 2.56. The molecule has 5 nitrogen and oxygen atoms in total. The van der Waals surface area contributed by atoms with Gasteiger partial charge in [-0.3, -0.25) is 0 Å². The number of rotatable bonds is 7. The van der Waals surface area contributed by atoms with E-state index in [4.69, 9.17) is 9.47 Å². The summed E-state index contributed by atoms with van der Waals surface area (Å²) in [5.74, 6) is 0.448. The van der Waals surface area contributed by atoms with Crippen molar-refractivity contribution in [1.82, 2.24) is 0 Å². The Morgan fingerprint density at radius 2 is 1.72 bits per heavy atom. The summed E-state index contributed by atoms with van der Waals surface area (Å²) in [6.45, 7) is 1.92. The lowest BCUT2D eigenvalue weighted by atomic mass is 10.2. The molecule has 150 valence electrons. The molecule has 0 fully saturated rings. The monoisotopic (exact) mass is 413 g/mol. The van der Waals surface area contributed by atoms with Crippen LogP contribution in [0.5, 0.6) is 11.5 Å². The molecule has 0 radical (unpaired) electrons. The molecular formula is C22H20FNO4S. The molecular weight excluding hydrogens is 393 g/mol. The Labute approximate surface area is 169 Å². The highest BCUT2D eigenvalue weighted by Gasteiger charge is 2.12. The van der Waals surface area contributed by atoms with Gasteiger partial charge in [0.05, 0.1) is 12.0 Å². The Hall–Kier alpha value is -3.19. The van der Waals surface area contributed by atoms with Crippen molar-refractivity contribution in [3.63, 3.8) is 0 Å². The maximum absolute atomic E-state index is 13.7. The number of methoxy groups -OCH3 is 1. The van der Waals surface area contributed by atoms with Gasteiger partial charge in [0.2, 0.25) is 0 Å². The second-order valence-corrected chi connectivity index (χ2v) is 7.95. The lowest BCUT2D eigenvalue weighted by molar-refractivity contribution is 0.279. The maximum Gasteiger partial charge on any atom is 0.282 e. The summed E-state index contributed by atoms with van der Waals surface area (Å²) in [7, 11) is -2.33. The molecule has 0 aliphatic carbocycles. The summed E-state index contributed by atoms with van der Waals surface area (Å²) >= 11 is 0. The first-order valence-corrected chi connectivity index (χ1v) is 10.2. The van der Waals surface area contributed by atoms with Crippen LogP contribution in [0.15, 0.2) is 76.0 Å². The first-order chi connectivity index (χ1) is 13.9. The lowest BCUT2D eigenvalue weighted by Crippen LogP contribution is -2.01. The van der Waals surface area contributed by atoms with Crippen molar-refractivity contribution in [3.8, 4) is 11.5 Å². The van der Waals surface area contributed by atoms with E-state index in [-0.39, 0.29) is 17.3 Å². The maximum atomic E-state index is 13.7. The molecule has 0 heterocycles. The van der Waals surface area contributed by atoms with Gasteiger partial charge in [0, 0.05) is 11.8 Å². The van der Waals surface area contributed by atoms with Crippen LogP contribution < -0.4 is 9.47 Å². The van der Waals surface area contributed by atoms with E-state index >= 15 is 0 Å². The van der Waals surface area contributed by atoms with Crippen LogP contribution in [0.25, 0.3) is 0 Å². The van der Waals surface area contributed by atoms with Gasteiger partial charge in [-0.15, -0.1) is 0 Å². The highest BCUT2D eigenvalue weighted by atomic mass is 32.2. The molecule has 3 aromatic rings. The molecule has 0 atom stereocenters. The van der Waals surface area contributed by atoms with Gasteiger partial charge in [-0.1, -0.05) is 35.9 Å². The molecule has 3 rings (SSSR count). The second-order valence-electron chi connectivity index (χ2n) is 6.31. The summed E-state index contributed by atoms with van der Waals surface area (Å²) in [4.78, 5) is 0.121. The third-order valence-corrected chi connectivity index (χ3v) is 5.44. The van der Waals surface area contributed by atoms with E-state index in [9.17, 15) is 12.8 Å². The second kappa shape index (κ2) is 8.87. The number of hydrogen-bond donors (Lipinski definition) is 0. The molecule has 0 aromatic heterocycles. The predicted octanol–water partition coefficient (Wildman–Crippen LogP) is 4.53. The van der Waals surface area contributed by atoms with Crippen LogP contribution in [0.1, 0.15) is 16.7 Å². The smallest absolute Gasteiger partial charge is 0.282 e. The van der Waals surface area contributed by atoms with Crippen molar-refractivity contribution in [2.75, 3.05) is 7.11 Å². The fraction of sp³-hybridized carbons (Fsp3) is 0.136. The van der Waals surface area contributed by atoms with Crippen LogP contribution in [0, 0.1) is 12.7 Å². The molecule has 0 unspecified atom stereocenters. The summed E-state index contributed by atoms with van der Waals surface area (Å²) in [6, 6.07) is 17.7. The summed E-state index contributed by atoms with van der Waals surface area (Å²) in [5.41, 5.74) is 1.91. The number of ether oxygens (including phenoxy) is 2. The van der Waals surface area contributed by atoms with Crippen molar-refractivity contribution in [3.05, 3.63) is 89.2 Å². The van der Waals surface area contributed by atoms with E-state index < -0.39 is 10.0 Å². The minimum absolute atomic E-state index is 0.0400. The van der Waals surface area contributed by atoms with Crippen molar-refractivity contribution >= 4 is 16.2 Å². The number of hydrogen-bond acceptors (Lipinski definition) is 4. The summed E-state index contributed by atoms with van der Waals surface area (Å²) < 4.78 is 53.1. The lowest BCUT2D eigenvalue weighted by Gasteiger charge is -2.11. The minimum Gasteiger partial charge on any atom is -0.493 e. The first-order valence-electron chi connectivity index (χ1n) is 8.80. The average Bonchev–Trinajstić information content (AvgIpc) is 2.72. The van der Waals surface area contributed by atoms with Crippen molar-refractivity contribution in [1.29, 1.82) is 0 Å². The topological polar surface area (TPSA) is 65.0 Å². The van der Waals surface area contributed by atoms with E-state index in [1.165, 1.54) is 31.5 Å². The van der Waals surface area contributed by atoms with Crippen LogP contribution in [0.4, 0.5) is 4.39 Å². The molecule has 7 heteroatoms. The van der Waals surface area contributed by atoms with Gasteiger partial charge in [-0.05, 0) is 48.9 Å². The molecule has 0 N–H and O–H groups in total. The molecule has 0 bridgehead atoms. The Kier molecular flexibility index (Phi) is 6.29. The Morgan fingerprint density at radius 3 is 2.41 bits per heavy atom. The highest BCUT2D eigenvalue weighted by molar-refractivity contribution is 7.90. The minimum atomic E-state index is -3.80. The molecule has 0 amide bonds. The number of aryl methyl sites for hydroxylation is 1. The number of benzene rings is 3. The van der Waals surface area contributed by atoms with Crippen LogP contribution in [0.3, 0.4) is 0 Å². The SMILES string of the molecule is COc1cc(/C=N\S(=O)(=O)c2ccc(C)cc2)ccc1OCc1ccccc1F. The summed E-state index contributed by atoms with van der Waals surface area (Å²) in [5, 5.41) is 0. The van der Waals surface area contributed by atoms with Crippen molar-refractivity contribution in [2.24, 2.45) is 4.40 Å². The van der Waals surface area contributed by atoms with Gasteiger partial charge >= 0.3 is 0 Å². The normalized spacial score (nSPS) is 11.6. The molecule has 0 aliphatic heterocycles. The quantitative estimate of drug-likeness (QED) is 0.534. The number of sulfonamides is 1. The van der Waals surface area contributed by atoms with E-state index in [0.29, 0.717) is 22.6 Å². The number of nitrogens with zero attached hydrogens (tertiary/aromatic N) is 1. The molecule has 29 heavy (non-hydrogen) atoms. The van der Waals surface area contributed by atoms with Gasteiger partial charge in [-0.25, -0.2) is 4.39 Å². The molecule has 3 aromatic carbocycles. The highest BCUT2D eigenvalue weighted by Crippen LogP contribution is 2.29. The van der Waals surface area contributed by atoms with Crippen molar-refractivity contribution in [2.45, 2.75) is 18.4 Å². The summed E-state index contributed by atoms with van der Waals surface area (Å²) in [6.07, 6.45) is 1.25. The van der Waals surface area contributed by atoms with Crippen LogP contribution in [-0.4, -0.2) is 21.7 Å². The molecule has 0 spiro atoms. The fourth-order valence-corrected chi connectivity index (χ4v) is 3.42. The molecule has 0 aliphatic rings. The third kappa shape index (κ3) is 5.20. The zero-order valence-electron chi connectivity index (χ0n) is 16.0. The van der Waals surface area contributed by atoms with Gasteiger partial charge < -0.3 is 9.47 Å². The Balaban J connectivity index is 1.76. The molecule has 0 saturated heterocycles. The Morgan fingerprint density at radius 1 is 1.00 bits per heavy atom. The largest absolute Gasteiger partial charge is 0.493 e. The average molecular weight is 413 g/mol. The van der Waals surface area contributed by atoms with Gasteiger partial charge in [0.15, 0.2) is 11.5 Å². The van der Waals surface area contributed by atoms with E-state index in [2.05, 4.69) is 4.40 Å². The van der Waals surface area contributed by atoms with E-state index in [1.54, 1.807) is 48.5 Å². The Bertz CT molecular complexity index is 1130. The first kappa shape index (κ1) is 20.5. The number of halogens is 1. The standard InChI is InChI=1S/C22H20FNO4S/c1-16-7-10-19(11-8-16)29(25,26)24-14-17-9-12-21(22(13-17)27-2)28-15-18-5-3-4-6-20(18)23/h3-14H,15H2,1-2H3/b24-14-. The van der Waals surface area contributed by atoms with Gasteiger partial charge in [-0.2, -0.15) is 12.8 Å². The van der Waals surface area contributed by atoms with Gasteiger partial charge in [0.25, 0.3) is 10.0 Å². The van der Waals surface area contributed by atoms with Gasteiger partial charge in [0.1, 0.15) is 12.4 Å². The third-order valence-electron chi connectivity index (χ3n) is 4.19. The van der Waals surface area contributed by atoms with Crippen LogP contribution in [0.2, 0.25) is 0 Å².